The molecule has 1 aliphatic carbocycles. The van der Waals surface area contributed by atoms with Gasteiger partial charge in [-0.2, -0.15) is 0 Å². The highest BCUT2D eigenvalue weighted by Crippen LogP contribution is 2.49. The Labute approximate surface area is 204 Å². The predicted octanol–water partition coefficient (Wildman–Crippen LogP) is 9.30. The molecule has 35 heavy (non-hydrogen) atoms. The number of hydrogen-bond donors (Lipinski definition) is 1. The molecular weight excluding hydrogens is 426 g/mol. The van der Waals surface area contributed by atoms with Crippen molar-refractivity contribution in [3.63, 3.8) is 0 Å². The summed E-state index contributed by atoms with van der Waals surface area (Å²) in [5.74, 6) is 0. The highest BCUT2D eigenvalue weighted by atomic mass is 16.3. The molecule has 1 heterocycles. The molecule has 2 heteroatoms. The van der Waals surface area contributed by atoms with Gasteiger partial charge in [-0.1, -0.05) is 86.6 Å². The van der Waals surface area contributed by atoms with E-state index in [-0.39, 0.29) is 5.41 Å². The number of fused-ring (bicyclic) bond motifs is 6. The summed E-state index contributed by atoms with van der Waals surface area (Å²) in [5.41, 5.74) is 11.7. The van der Waals surface area contributed by atoms with Gasteiger partial charge in [0.1, 0.15) is 11.2 Å². The SMILES string of the molecule is CC1(C)c2ccccc2-c2ccc(Nc3cccc4oc5ccc(-c6ccccc6)cc5c34)cc21. The minimum atomic E-state index is -0.0253. The van der Waals surface area contributed by atoms with Gasteiger partial charge in [-0.25, -0.2) is 0 Å². The Balaban J connectivity index is 1.35. The number of benzene rings is 5. The molecule has 0 atom stereocenters. The molecule has 2 nitrogen and oxygen atoms in total. The lowest BCUT2D eigenvalue weighted by Crippen LogP contribution is -2.15. The second-order valence-electron chi connectivity index (χ2n) is 9.91. The maximum atomic E-state index is 6.23. The highest BCUT2D eigenvalue weighted by molar-refractivity contribution is 6.13. The monoisotopic (exact) mass is 451 g/mol. The Kier molecular flexibility index (Phi) is 4.22. The maximum Gasteiger partial charge on any atom is 0.137 e. The van der Waals surface area contributed by atoms with Gasteiger partial charge >= 0.3 is 0 Å². The average Bonchev–Trinajstić information content (AvgIpc) is 3.38. The summed E-state index contributed by atoms with van der Waals surface area (Å²) in [6.07, 6.45) is 0. The van der Waals surface area contributed by atoms with Crippen LogP contribution in [0.5, 0.6) is 0 Å². The van der Waals surface area contributed by atoms with E-state index in [2.05, 4.69) is 116 Å². The van der Waals surface area contributed by atoms with Crippen molar-refractivity contribution in [1.82, 2.24) is 0 Å². The van der Waals surface area contributed by atoms with Gasteiger partial charge < -0.3 is 9.73 Å². The quantitative estimate of drug-likeness (QED) is 0.290. The molecule has 0 radical (unpaired) electrons. The average molecular weight is 452 g/mol. The zero-order valence-electron chi connectivity index (χ0n) is 19.8. The normalized spacial score (nSPS) is 13.7. The first-order valence-corrected chi connectivity index (χ1v) is 12.1. The Hall–Kier alpha value is -4.30. The highest BCUT2D eigenvalue weighted by Gasteiger charge is 2.35. The van der Waals surface area contributed by atoms with E-state index in [1.165, 1.54) is 33.4 Å². The van der Waals surface area contributed by atoms with Crippen molar-refractivity contribution < 1.29 is 4.42 Å². The molecule has 0 unspecified atom stereocenters. The summed E-state index contributed by atoms with van der Waals surface area (Å²) in [6, 6.07) is 38.7. The van der Waals surface area contributed by atoms with Crippen LogP contribution in [0.4, 0.5) is 11.4 Å². The first-order valence-electron chi connectivity index (χ1n) is 12.1. The van der Waals surface area contributed by atoms with Crippen LogP contribution in [-0.4, -0.2) is 0 Å². The van der Waals surface area contributed by atoms with E-state index in [1.807, 2.05) is 12.1 Å². The van der Waals surface area contributed by atoms with Crippen molar-refractivity contribution in [3.8, 4) is 22.3 Å². The van der Waals surface area contributed by atoms with Gasteiger partial charge in [0, 0.05) is 16.5 Å². The summed E-state index contributed by atoms with van der Waals surface area (Å²) in [5, 5.41) is 5.96. The smallest absolute Gasteiger partial charge is 0.137 e. The summed E-state index contributed by atoms with van der Waals surface area (Å²) < 4.78 is 6.23. The minimum Gasteiger partial charge on any atom is -0.456 e. The van der Waals surface area contributed by atoms with Gasteiger partial charge in [-0.3, -0.25) is 0 Å². The van der Waals surface area contributed by atoms with Crippen LogP contribution < -0.4 is 5.32 Å². The van der Waals surface area contributed by atoms with Crippen LogP contribution in [0.25, 0.3) is 44.2 Å². The van der Waals surface area contributed by atoms with E-state index in [4.69, 9.17) is 4.42 Å². The van der Waals surface area contributed by atoms with Gasteiger partial charge in [0.25, 0.3) is 0 Å². The van der Waals surface area contributed by atoms with Gasteiger partial charge in [-0.15, -0.1) is 0 Å². The number of rotatable bonds is 3. The van der Waals surface area contributed by atoms with E-state index in [0.29, 0.717) is 0 Å². The van der Waals surface area contributed by atoms with Crippen LogP contribution in [0.3, 0.4) is 0 Å². The van der Waals surface area contributed by atoms with Gasteiger partial charge in [0.15, 0.2) is 0 Å². The van der Waals surface area contributed by atoms with Crippen molar-refractivity contribution >= 4 is 33.3 Å². The van der Waals surface area contributed by atoms with Crippen molar-refractivity contribution in [3.05, 3.63) is 120 Å². The van der Waals surface area contributed by atoms with Gasteiger partial charge in [-0.05, 0) is 69.8 Å². The molecular formula is C33H25NO. The van der Waals surface area contributed by atoms with Crippen LogP contribution in [-0.2, 0) is 5.41 Å². The lowest BCUT2D eigenvalue weighted by molar-refractivity contribution is 0.660. The predicted molar refractivity (Wildman–Crippen MR) is 146 cm³/mol. The Morgan fingerprint density at radius 2 is 1.40 bits per heavy atom. The fraction of sp³-hybridized carbons (Fsp3) is 0.0909. The molecule has 0 amide bonds. The minimum absolute atomic E-state index is 0.0253. The van der Waals surface area contributed by atoms with Crippen LogP contribution in [0.15, 0.2) is 114 Å². The molecule has 1 aromatic heterocycles. The zero-order valence-corrected chi connectivity index (χ0v) is 19.8. The summed E-state index contributed by atoms with van der Waals surface area (Å²) >= 11 is 0. The molecule has 168 valence electrons. The number of anilines is 2. The summed E-state index contributed by atoms with van der Waals surface area (Å²) in [4.78, 5) is 0. The molecule has 0 saturated heterocycles. The standard InChI is InChI=1S/C33H25NO/c1-33(2)27-12-7-6-11-24(27)25-17-16-23(20-28(25)33)34-29-13-8-14-31-32(29)26-19-22(15-18-30(26)35-31)21-9-4-3-5-10-21/h3-20,34H,1-2H3. The Morgan fingerprint density at radius 1 is 0.600 bits per heavy atom. The summed E-state index contributed by atoms with van der Waals surface area (Å²) in [7, 11) is 0. The van der Waals surface area contributed by atoms with E-state index >= 15 is 0 Å². The lowest BCUT2D eigenvalue weighted by Gasteiger charge is -2.22. The van der Waals surface area contributed by atoms with Gasteiger partial charge in [0.2, 0.25) is 0 Å². The van der Waals surface area contributed by atoms with E-state index in [0.717, 1.165) is 33.3 Å². The second kappa shape index (κ2) is 7.35. The fourth-order valence-corrected chi connectivity index (χ4v) is 5.68. The lowest BCUT2D eigenvalue weighted by atomic mass is 9.82. The molecule has 0 bridgehead atoms. The van der Waals surface area contributed by atoms with Crippen molar-refractivity contribution in [2.24, 2.45) is 0 Å². The summed E-state index contributed by atoms with van der Waals surface area (Å²) in [6.45, 7) is 4.63. The Morgan fingerprint density at radius 3 is 2.29 bits per heavy atom. The van der Waals surface area contributed by atoms with Crippen LogP contribution >= 0.6 is 0 Å². The number of nitrogens with one attached hydrogen (secondary N) is 1. The van der Waals surface area contributed by atoms with Crippen LogP contribution in [0.1, 0.15) is 25.0 Å². The fourth-order valence-electron chi connectivity index (χ4n) is 5.68. The number of hydrogen-bond acceptors (Lipinski definition) is 2. The third-order valence-corrected chi connectivity index (χ3v) is 7.46. The first kappa shape index (κ1) is 20.1. The molecule has 0 spiro atoms. The topological polar surface area (TPSA) is 25.2 Å². The van der Waals surface area contributed by atoms with E-state index in [9.17, 15) is 0 Å². The number of furan rings is 1. The Bertz CT molecular complexity index is 1740. The van der Waals surface area contributed by atoms with Crippen LogP contribution in [0, 0.1) is 0 Å². The molecule has 6 aromatic rings. The third kappa shape index (κ3) is 3.03. The van der Waals surface area contributed by atoms with E-state index in [1.54, 1.807) is 0 Å². The molecule has 5 aromatic carbocycles. The van der Waals surface area contributed by atoms with E-state index < -0.39 is 0 Å². The molecule has 0 aliphatic heterocycles. The molecule has 7 rings (SSSR count). The maximum absolute atomic E-state index is 6.23. The molecule has 1 N–H and O–H groups in total. The van der Waals surface area contributed by atoms with Crippen molar-refractivity contribution in [2.45, 2.75) is 19.3 Å². The zero-order chi connectivity index (χ0) is 23.6. The molecule has 1 aliphatic rings. The van der Waals surface area contributed by atoms with Crippen LogP contribution in [0.2, 0.25) is 0 Å². The van der Waals surface area contributed by atoms with Crippen molar-refractivity contribution in [2.75, 3.05) is 5.32 Å². The first-order chi connectivity index (χ1) is 17.1. The molecule has 0 saturated carbocycles. The second-order valence-corrected chi connectivity index (χ2v) is 9.91. The molecule has 0 fully saturated rings. The van der Waals surface area contributed by atoms with Crippen molar-refractivity contribution in [1.29, 1.82) is 0 Å². The van der Waals surface area contributed by atoms with Gasteiger partial charge in [0.05, 0.1) is 11.1 Å². The third-order valence-electron chi connectivity index (χ3n) is 7.46. The largest absolute Gasteiger partial charge is 0.456 e.